The molecule has 7 heteroatoms. The van der Waals surface area contributed by atoms with Crippen LogP contribution in [0, 0.1) is 0 Å². The van der Waals surface area contributed by atoms with Crippen LogP contribution in [0.5, 0.6) is 0 Å². The molecular formula is C19H30BNO5. The lowest BCUT2D eigenvalue weighted by molar-refractivity contribution is 0.00578. The molecule has 3 heterocycles. The van der Waals surface area contributed by atoms with Crippen LogP contribution in [-0.4, -0.2) is 48.0 Å². The van der Waals surface area contributed by atoms with E-state index in [9.17, 15) is 4.79 Å². The van der Waals surface area contributed by atoms with Crippen LogP contribution in [0.4, 0.5) is 4.79 Å². The number of carbonyl (C=O) groups excluding carboxylic acids is 1. The van der Waals surface area contributed by atoms with Crippen LogP contribution in [0.25, 0.3) is 0 Å². The average Bonchev–Trinajstić information content (AvgIpc) is 3.16. The summed E-state index contributed by atoms with van der Waals surface area (Å²) in [7, 11) is -0.503. The first-order valence-corrected chi connectivity index (χ1v) is 9.31. The largest absolute Gasteiger partial charge is 0.532 e. The molecule has 0 N–H and O–H groups in total. The lowest BCUT2D eigenvalue weighted by atomic mass is 9.86. The monoisotopic (exact) mass is 363 g/mol. The molecule has 1 amide bonds. The minimum atomic E-state index is -0.503. The summed E-state index contributed by atoms with van der Waals surface area (Å²) in [6, 6.07) is 3.87. The number of carbonyl (C=O) groups is 1. The maximum absolute atomic E-state index is 12.2. The third kappa shape index (κ3) is 3.79. The molecule has 0 aliphatic carbocycles. The molecule has 0 bridgehead atoms. The molecule has 2 fully saturated rings. The Balaban J connectivity index is 1.64. The standard InChI is InChI=1S/C19H30BNO5/c1-17(2,3)24-16(22)21-11-10-13(12-21)14-8-9-15(23-14)20-25-18(4,5)19(6,7)26-20/h8-9,13H,10-12H2,1-7H3. The Bertz CT molecular complexity index is 660. The summed E-state index contributed by atoms with van der Waals surface area (Å²) in [5.41, 5.74) is -0.602. The SMILES string of the molecule is CC(C)(C)OC(=O)N1CCC(c2ccc(B3OC(C)(C)C(C)(C)O3)o2)C1. The summed E-state index contributed by atoms with van der Waals surface area (Å²) < 4.78 is 23.6. The van der Waals surface area contributed by atoms with Gasteiger partial charge in [0, 0.05) is 19.0 Å². The summed E-state index contributed by atoms with van der Waals surface area (Å²) in [5, 5.41) is 0. The molecule has 3 rings (SSSR count). The molecule has 6 nitrogen and oxygen atoms in total. The van der Waals surface area contributed by atoms with Gasteiger partial charge in [0.15, 0.2) is 0 Å². The minimum absolute atomic E-state index is 0.165. The van der Waals surface area contributed by atoms with E-state index in [4.69, 9.17) is 18.5 Å². The molecule has 2 aliphatic heterocycles. The van der Waals surface area contributed by atoms with E-state index < -0.39 is 23.9 Å². The van der Waals surface area contributed by atoms with Crippen molar-refractivity contribution < 1.29 is 23.3 Å². The number of hydrogen-bond acceptors (Lipinski definition) is 5. The van der Waals surface area contributed by atoms with Crippen molar-refractivity contribution in [2.45, 2.75) is 77.6 Å². The van der Waals surface area contributed by atoms with Crippen LogP contribution in [0.3, 0.4) is 0 Å². The van der Waals surface area contributed by atoms with Crippen molar-refractivity contribution in [2.75, 3.05) is 13.1 Å². The van der Waals surface area contributed by atoms with E-state index in [1.807, 2.05) is 60.6 Å². The maximum atomic E-state index is 12.2. The van der Waals surface area contributed by atoms with Gasteiger partial charge in [0.05, 0.1) is 11.2 Å². The van der Waals surface area contributed by atoms with Crippen LogP contribution in [-0.2, 0) is 14.0 Å². The van der Waals surface area contributed by atoms with Gasteiger partial charge in [0.2, 0.25) is 0 Å². The molecular weight excluding hydrogens is 333 g/mol. The zero-order chi connectivity index (χ0) is 19.3. The van der Waals surface area contributed by atoms with Gasteiger partial charge in [0.25, 0.3) is 0 Å². The molecule has 2 aliphatic rings. The summed E-state index contributed by atoms with van der Waals surface area (Å²) in [5.74, 6) is 1.03. The molecule has 0 saturated carbocycles. The van der Waals surface area contributed by atoms with E-state index >= 15 is 0 Å². The van der Waals surface area contributed by atoms with E-state index in [0.717, 1.165) is 12.2 Å². The van der Waals surface area contributed by atoms with Crippen molar-refractivity contribution in [3.63, 3.8) is 0 Å². The molecule has 1 aromatic rings. The van der Waals surface area contributed by atoms with Gasteiger partial charge in [-0.2, -0.15) is 0 Å². The average molecular weight is 363 g/mol. The van der Waals surface area contributed by atoms with Crippen LogP contribution >= 0.6 is 0 Å². The molecule has 144 valence electrons. The Morgan fingerprint density at radius 1 is 1.19 bits per heavy atom. The molecule has 2 saturated heterocycles. The van der Waals surface area contributed by atoms with Crippen molar-refractivity contribution >= 4 is 18.9 Å². The van der Waals surface area contributed by atoms with Crippen molar-refractivity contribution in [1.82, 2.24) is 4.90 Å². The van der Waals surface area contributed by atoms with Gasteiger partial charge in [-0.25, -0.2) is 4.79 Å². The topological polar surface area (TPSA) is 61.1 Å². The molecule has 0 aromatic carbocycles. The third-order valence-corrected chi connectivity index (χ3v) is 5.38. The van der Waals surface area contributed by atoms with Gasteiger partial charge in [-0.05, 0) is 67.0 Å². The predicted molar refractivity (Wildman–Crippen MR) is 99.6 cm³/mol. The summed E-state index contributed by atoms with van der Waals surface area (Å²) in [6.07, 6.45) is 0.591. The summed E-state index contributed by atoms with van der Waals surface area (Å²) in [6.45, 7) is 15.0. The Hall–Kier alpha value is -1.47. The Morgan fingerprint density at radius 2 is 1.81 bits per heavy atom. The number of likely N-dealkylation sites (tertiary alicyclic amines) is 1. The Kier molecular flexibility index (Phi) is 4.68. The number of hydrogen-bond donors (Lipinski definition) is 0. The fraction of sp³-hybridized carbons (Fsp3) is 0.737. The van der Waals surface area contributed by atoms with Crippen LogP contribution < -0.4 is 5.66 Å². The molecule has 26 heavy (non-hydrogen) atoms. The number of rotatable bonds is 2. The molecule has 1 unspecified atom stereocenters. The first-order chi connectivity index (χ1) is 11.9. The van der Waals surface area contributed by atoms with Gasteiger partial charge in [-0.3, -0.25) is 0 Å². The molecule has 1 aromatic heterocycles. The van der Waals surface area contributed by atoms with Gasteiger partial charge in [0.1, 0.15) is 17.0 Å². The summed E-state index contributed by atoms with van der Waals surface area (Å²) >= 11 is 0. The smallest absolute Gasteiger partial charge is 0.469 e. The quantitative estimate of drug-likeness (QED) is 0.755. The van der Waals surface area contributed by atoms with Gasteiger partial charge < -0.3 is 23.4 Å². The van der Waals surface area contributed by atoms with Crippen molar-refractivity contribution in [3.8, 4) is 0 Å². The van der Waals surface area contributed by atoms with E-state index in [-0.39, 0.29) is 12.0 Å². The Morgan fingerprint density at radius 3 is 2.38 bits per heavy atom. The molecule has 1 atom stereocenters. The third-order valence-electron chi connectivity index (χ3n) is 5.38. The second kappa shape index (κ2) is 6.31. The maximum Gasteiger partial charge on any atom is 0.532 e. The van der Waals surface area contributed by atoms with Gasteiger partial charge in [-0.1, -0.05) is 0 Å². The van der Waals surface area contributed by atoms with Crippen molar-refractivity contribution in [3.05, 3.63) is 17.9 Å². The van der Waals surface area contributed by atoms with E-state index in [1.54, 1.807) is 4.90 Å². The zero-order valence-corrected chi connectivity index (χ0v) is 16.9. The highest BCUT2D eigenvalue weighted by Crippen LogP contribution is 2.37. The number of nitrogens with zero attached hydrogens (tertiary/aromatic N) is 1. The van der Waals surface area contributed by atoms with Crippen molar-refractivity contribution in [1.29, 1.82) is 0 Å². The number of furan rings is 1. The fourth-order valence-electron chi connectivity index (χ4n) is 3.16. The van der Waals surface area contributed by atoms with Crippen LogP contribution in [0.1, 0.15) is 66.6 Å². The van der Waals surface area contributed by atoms with Gasteiger partial charge >= 0.3 is 13.2 Å². The highest BCUT2D eigenvalue weighted by Gasteiger charge is 2.53. The first kappa shape index (κ1) is 19.3. The van der Waals surface area contributed by atoms with Crippen LogP contribution in [0.15, 0.2) is 16.5 Å². The molecule has 0 spiro atoms. The predicted octanol–water partition coefficient (Wildman–Crippen LogP) is 3.30. The minimum Gasteiger partial charge on any atom is -0.469 e. The highest BCUT2D eigenvalue weighted by molar-refractivity contribution is 6.60. The normalized spacial score (nSPS) is 25.0. The Labute approximate surface area is 156 Å². The van der Waals surface area contributed by atoms with E-state index in [2.05, 4.69) is 0 Å². The molecule has 0 radical (unpaired) electrons. The van der Waals surface area contributed by atoms with Crippen LogP contribution in [0.2, 0.25) is 0 Å². The fourth-order valence-corrected chi connectivity index (χ4v) is 3.16. The summed E-state index contributed by atoms with van der Waals surface area (Å²) in [4.78, 5) is 14.0. The lowest BCUT2D eigenvalue weighted by Gasteiger charge is -2.32. The number of amides is 1. The zero-order valence-electron chi connectivity index (χ0n) is 16.9. The lowest BCUT2D eigenvalue weighted by Crippen LogP contribution is -2.41. The van der Waals surface area contributed by atoms with E-state index in [0.29, 0.717) is 18.7 Å². The number of ether oxygens (including phenoxy) is 1. The second-order valence-corrected chi connectivity index (χ2v) is 9.24. The highest BCUT2D eigenvalue weighted by atomic mass is 16.7. The van der Waals surface area contributed by atoms with Crippen molar-refractivity contribution in [2.24, 2.45) is 0 Å². The van der Waals surface area contributed by atoms with E-state index in [1.165, 1.54) is 0 Å². The second-order valence-electron chi connectivity index (χ2n) is 9.24. The first-order valence-electron chi connectivity index (χ1n) is 9.31. The van der Waals surface area contributed by atoms with Gasteiger partial charge in [-0.15, -0.1) is 0 Å².